The van der Waals surface area contributed by atoms with Gasteiger partial charge >= 0.3 is 0 Å². The number of aromatic nitrogens is 2. The molecule has 6 heteroatoms. The van der Waals surface area contributed by atoms with Crippen molar-refractivity contribution in [3.05, 3.63) is 77.9 Å². The van der Waals surface area contributed by atoms with E-state index in [-0.39, 0.29) is 0 Å². The summed E-state index contributed by atoms with van der Waals surface area (Å²) in [6.45, 7) is 1.97. The Morgan fingerprint density at radius 1 is 1.12 bits per heavy atom. The molecule has 24 heavy (non-hydrogen) atoms. The topological polar surface area (TPSA) is 56.3 Å². The Kier molecular flexibility index (Phi) is 3.76. The largest absolute Gasteiger partial charge is 0.438 e. The quantitative estimate of drug-likeness (QED) is 0.783. The summed E-state index contributed by atoms with van der Waals surface area (Å²) in [4.78, 5) is 15.3. The first-order valence-corrected chi connectivity index (χ1v) is 8.31. The molecule has 120 valence electrons. The van der Waals surface area contributed by atoms with Crippen LogP contribution in [-0.2, 0) is 10.4 Å². The van der Waals surface area contributed by atoms with Crippen molar-refractivity contribution in [1.82, 2.24) is 15.4 Å². The summed E-state index contributed by atoms with van der Waals surface area (Å²) in [5, 5.41) is 0.963. The SMILES string of the molecule is C[C@]1(c2cnc(-c3ccccc3)s2)C=C(Oc2cccnc2)NO1. The van der Waals surface area contributed by atoms with Gasteiger partial charge < -0.3 is 4.74 Å². The number of nitrogens with zero attached hydrogens (tertiary/aromatic N) is 2. The molecule has 1 aliphatic rings. The number of benzene rings is 1. The highest BCUT2D eigenvalue weighted by Crippen LogP contribution is 2.37. The Labute approximate surface area is 143 Å². The molecule has 0 unspecified atom stereocenters. The Bertz CT molecular complexity index is 864. The van der Waals surface area contributed by atoms with Crippen LogP contribution in [0, 0.1) is 0 Å². The molecule has 0 saturated heterocycles. The van der Waals surface area contributed by atoms with Crippen molar-refractivity contribution in [1.29, 1.82) is 0 Å². The van der Waals surface area contributed by atoms with Crippen LogP contribution >= 0.6 is 11.3 Å². The average Bonchev–Trinajstić information content (AvgIpc) is 3.25. The van der Waals surface area contributed by atoms with E-state index in [1.54, 1.807) is 23.7 Å². The number of thiazole rings is 1. The molecule has 1 aromatic carbocycles. The van der Waals surface area contributed by atoms with Gasteiger partial charge in [0.05, 0.1) is 11.1 Å². The third kappa shape index (κ3) is 2.89. The summed E-state index contributed by atoms with van der Waals surface area (Å²) in [5.74, 6) is 1.19. The first-order valence-electron chi connectivity index (χ1n) is 7.49. The second-order valence-electron chi connectivity index (χ2n) is 5.51. The number of rotatable bonds is 4. The van der Waals surface area contributed by atoms with Crippen molar-refractivity contribution < 1.29 is 9.57 Å². The van der Waals surface area contributed by atoms with E-state index in [0.29, 0.717) is 11.6 Å². The minimum absolute atomic E-state index is 0.542. The molecule has 0 radical (unpaired) electrons. The first kappa shape index (κ1) is 14.9. The second-order valence-corrected chi connectivity index (χ2v) is 6.54. The predicted molar refractivity (Wildman–Crippen MR) is 92.1 cm³/mol. The van der Waals surface area contributed by atoms with Gasteiger partial charge in [-0.05, 0) is 19.1 Å². The number of hydrogen-bond acceptors (Lipinski definition) is 6. The predicted octanol–water partition coefficient (Wildman–Crippen LogP) is 3.88. The van der Waals surface area contributed by atoms with E-state index in [1.165, 1.54) is 0 Å². The van der Waals surface area contributed by atoms with Crippen molar-refractivity contribution in [3.63, 3.8) is 0 Å². The second kappa shape index (κ2) is 6.07. The maximum atomic E-state index is 5.74. The van der Waals surface area contributed by atoms with Crippen LogP contribution in [0.3, 0.4) is 0 Å². The molecule has 1 atom stereocenters. The molecule has 4 rings (SSSR count). The fraction of sp³-hybridized carbons (Fsp3) is 0.111. The maximum absolute atomic E-state index is 5.74. The zero-order valence-electron chi connectivity index (χ0n) is 13.0. The highest BCUT2D eigenvalue weighted by atomic mass is 32.1. The molecule has 0 aliphatic carbocycles. The third-order valence-corrected chi connectivity index (χ3v) is 4.91. The molecule has 0 amide bonds. The van der Waals surface area contributed by atoms with Gasteiger partial charge in [-0.25, -0.2) is 10.5 Å². The summed E-state index contributed by atoms with van der Waals surface area (Å²) in [7, 11) is 0. The van der Waals surface area contributed by atoms with Gasteiger partial charge in [-0.1, -0.05) is 30.3 Å². The number of pyridine rings is 1. The lowest BCUT2D eigenvalue weighted by Gasteiger charge is -2.16. The normalized spacial score (nSPS) is 19.6. The van der Waals surface area contributed by atoms with Crippen LogP contribution in [0.25, 0.3) is 10.6 Å². The lowest BCUT2D eigenvalue weighted by atomic mass is 10.1. The molecule has 0 saturated carbocycles. The van der Waals surface area contributed by atoms with Gasteiger partial charge in [-0.2, -0.15) is 0 Å². The van der Waals surface area contributed by atoms with Crippen LogP contribution in [0.1, 0.15) is 11.8 Å². The fourth-order valence-corrected chi connectivity index (χ4v) is 3.37. The molecule has 1 N–H and O–H groups in total. The highest BCUT2D eigenvalue weighted by Gasteiger charge is 2.35. The molecule has 1 aliphatic heterocycles. The molecule has 3 heterocycles. The molecule has 5 nitrogen and oxygen atoms in total. The van der Waals surface area contributed by atoms with Crippen LogP contribution in [0.2, 0.25) is 0 Å². The van der Waals surface area contributed by atoms with Crippen LogP contribution in [0.15, 0.2) is 73.0 Å². The van der Waals surface area contributed by atoms with Crippen LogP contribution < -0.4 is 10.2 Å². The van der Waals surface area contributed by atoms with Crippen molar-refractivity contribution in [2.24, 2.45) is 0 Å². The van der Waals surface area contributed by atoms with E-state index >= 15 is 0 Å². The van der Waals surface area contributed by atoms with Gasteiger partial charge in [-0.3, -0.25) is 9.82 Å². The average molecular weight is 337 g/mol. The minimum atomic E-state index is -0.623. The molecule has 0 spiro atoms. The lowest BCUT2D eigenvalue weighted by molar-refractivity contribution is -0.0380. The Balaban J connectivity index is 1.57. The summed E-state index contributed by atoms with van der Waals surface area (Å²) in [6.07, 6.45) is 7.10. The Hall–Kier alpha value is -2.70. The van der Waals surface area contributed by atoms with Gasteiger partial charge in [-0.15, -0.1) is 11.3 Å². The summed E-state index contributed by atoms with van der Waals surface area (Å²) in [5.41, 5.74) is 3.31. The van der Waals surface area contributed by atoms with Gasteiger partial charge in [0.25, 0.3) is 0 Å². The van der Waals surface area contributed by atoms with Crippen molar-refractivity contribution in [3.8, 4) is 16.3 Å². The lowest BCUT2D eigenvalue weighted by Crippen LogP contribution is -2.22. The summed E-state index contributed by atoms with van der Waals surface area (Å²) >= 11 is 1.60. The van der Waals surface area contributed by atoms with E-state index in [0.717, 1.165) is 15.4 Å². The number of hydroxylamine groups is 1. The van der Waals surface area contributed by atoms with Crippen molar-refractivity contribution in [2.75, 3.05) is 0 Å². The van der Waals surface area contributed by atoms with E-state index in [2.05, 4.69) is 15.4 Å². The van der Waals surface area contributed by atoms with Gasteiger partial charge in [0.15, 0.2) is 5.60 Å². The number of hydrogen-bond donors (Lipinski definition) is 1. The van der Waals surface area contributed by atoms with Gasteiger partial charge in [0.1, 0.15) is 10.8 Å². The van der Waals surface area contributed by atoms with Crippen LogP contribution in [-0.4, -0.2) is 9.97 Å². The smallest absolute Gasteiger partial charge is 0.216 e. The summed E-state index contributed by atoms with van der Waals surface area (Å²) in [6, 6.07) is 13.8. The Morgan fingerprint density at radius 2 is 2.00 bits per heavy atom. The van der Waals surface area contributed by atoms with Gasteiger partial charge in [0.2, 0.25) is 5.88 Å². The fourth-order valence-electron chi connectivity index (χ4n) is 2.39. The van der Waals surface area contributed by atoms with E-state index < -0.39 is 5.60 Å². The van der Waals surface area contributed by atoms with Crippen molar-refractivity contribution >= 4 is 11.3 Å². The molecular formula is C18H15N3O2S. The van der Waals surface area contributed by atoms with E-state index in [1.807, 2.05) is 61.7 Å². The van der Waals surface area contributed by atoms with E-state index in [9.17, 15) is 0 Å². The molecule has 0 bridgehead atoms. The Morgan fingerprint density at radius 3 is 2.79 bits per heavy atom. The number of nitrogens with one attached hydrogen (secondary N) is 1. The van der Waals surface area contributed by atoms with Crippen LogP contribution in [0.5, 0.6) is 5.75 Å². The van der Waals surface area contributed by atoms with Crippen LogP contribution in [0.4, 0.5) is 0 Å². The van der Waals surface area contributed by atoms with Gasteiger partial charge in [0, 0.05) is 24.0 Å². The molecule has 2 aromatic heterocycles. The summed E-state index contributed by atoms with van der Waals surface area (Å²) < 4.78 is 5.73. The monoisotopic (exact) mass is 337 g/mol. The number of ether oxygens (including phenoxy) is 1. The third-order valence-electron chi connectivity index (χ3n) is 3.65. The first-order chi connectivity index (χ1) is 11.7. The molecular weight excluding hydrogens is 322 g/mol. The molecule has 0 fully saturated rings. The standard InChI is InChI=1S/C18H15N3O2S/c1-18(10-16(21-23-18)22-14-8-5-9-19-11-14)15-12-20-17(24-15)13-6-3-2-4-7-13/h2-12,21H,1H3/t18-/m1/s1. The zero-order valence-corrected chi connectivity index (χ0v) is 13.8. The maximum Gasteiger partial charge on any atom is 0.216 e. The minimum Gasteiger partial charge on any atom is -0.438 e. The van der Waals surface area contributed by atoms with E-state index in [4.69, 9.17) is 9.57 Å². The highest BCUT2D eigenvalue weighted by molar-refractivity contribution is 7.15. The zero-order chi connectivity index (χ0) is 16.4. The molecule has 3 aromatic rings. The van der Waals surface area contributed by atoms with Crippen molar-refractivity contribution in [2.45, 2.75) is 12.5 Å².